The van der Waals surface area contributed by atoms with Crippen LogP contribution in [-0.2, 0) is 14.2 Å². The molecule has 0 fully saturated rings. The van der Waals surface area contributed by atoms with Crippen molar-refractivity contribution in [1.82, 2.24) is 0 Å². The molecule has 0 heterocycles. The fourth-order valence-electron chi connectivity index (χ4n) is 1.59. The molecule has 0 aliphatic heterocycles. The summed E-state index contributed by atoms with van der Waals surface area (Å²) in [5, 5.41) is 0.350. The number of rotatable bonds is 6. The largest absolute Gasteiger partial charge is 0.465 e. The Morgan fingerprint density at radius 1 is 1.32 bits per heavy atom. The number of benzene rings is 1. The van der Waals surface area contributed by atoms with E-state index < -0.39 is 5.97 Å². The quantitative estimate of drug-likeness (QED) is 0.593. The van der Waals surface area contributed by atoms with E-state index in [1.807, 2.05) is 11.9 Å². The van der Waals surface area contributed by atoms with Gasteiger partial charge in [0.05, 0.1) is 24.2 Å². The second kappa shape index (κ2) is 7.33. The molecule has 19 heavy (non-hydrogen) atoms. The second-order valence-electron chi connectivity index (χ2n) is 3.94. The molecule has 6 heteroatoms. The molecule has 5 nitrogen and oxygen atoms in total. The molecule has 0 saturated carbocycles. The van der Waals surface area contributed by atoms with Gasteiger partial charge in [-0.05, 0) is 18.2 Å². The Balaban J connectivity index is 2.85. The van der Waals surface area contributed by atoms with Gasteiger partial charge in [-0.2, -0.15) is 0 Å². The fraction of sp³-hybridized carbons (Fsp3) is 0.462. The number of methoxy groups -OCH3 is 3. The van der Waals surface area contributed by atoms with Crippen LogP contribution in [0.5, 0.6) is 0 Å². The molecule has 1 aromatic carbocycles. The predicted octanol–water partition coefficient (Wildman–Crippen LogP) is 2.18. The van der Waals surface area contributed by atoms with Gasteiger partial charge in [0.2, 0.25) is 0 Å². The summed E-state index contributed by atoms with van der Waals surface area (Å²) in [4.78, 5) is 13.3. The molecule has 1 rings (SSSR count). The van der Waals surface area contributed by atoms with E-state index in [1.165, 1.54) is 7.11 Å². The topological polar surface area (TPSA) is 48.0 Å². The zero-order valence-corrected chi connectivity index (χ0v) is 12.2. The molecule has 0 bridgehead atoms. The minimum absolute atomic E-state index is 0.330. The first kappa shape index (κ1) is 15.8. The normalized spacial score (nSPS) is 10.6. The van der Waals surface area contributed by atoms with Crippen LogP contribution in [0.3, 0.4) is 0 Å². The average Bonchev–Trinajstić information content (AvgIpc) is 2.43. The zero-order valence-electron chi connectivity index (χ0n) is 11.5. The van der Waals surface area contributed by atoms with E-state index in [4.69, 9.17) is 21.1 Å². The lowest BCUT2D eigenvalue weighted by atomic mass is 10.2. The molecule has 0 spiro atoms. The van der Waals surface area contributed by atoms with Crippen molar-refractivity contribution in [2.75, 3.05) is 39.8 Å². The fourth-order valence-corrected chi connectivity index (χ4v) is 1.84. The van der Waals surface area contributed by atoms with E-state index in [1.54, 1.807) is 32.4 Å². The number of anilines is 1. The number of hydrogen-bond acceptors (Lipinski definition) is 5. The van der Waals surface area contributed by atoms with Gasteiger partial charge in [-0.3, -0.25) is 0 Å². The monoisotopic (exact) mass is 287 g/mol. The lowest BCUT2D eigenvalue weighted by molar-refractivity contribution is -0.0944. The highest BCUT2D eigenvalue weighted by Gasteiger charge is 2.14. The van der Waals surface area contributed by atoms with E-state index in [-0.39, 0.29) is 6.29 Å². The van der Waals surface area contributed by atoms with Crippen LogP contribution in [0.4, 0.5) is 5.69 Å². The van der Waals surface area contributed by atoms with Gasteiger partial charge >= 0.3 is 5.97 Å². The molecule has 0 atom stereocenters. The number of nitrogens with zero attached hydrogens (tertiary/aromatic N) is 1. The van der Waals surface area contributed by atoms with Crippen molar-refractivity contribution >= 4 is 23.3 Å². The molecular weight excluding hydrogens is 270 g/mol. The second-order valence-corrected chi connectivity index (χ2v) is 4.34. The first-order valence-electron chi connectivity index (χ1n) is 5.68. The number of carbonyl (C=O) groups excluding carboxylic acids is 1. The minimum atomic E-state index is -0.453. The van der Waals surface area contributed by atoms with E-state index in [2.05, 4.69) is 4.74 Å². The van der Waals surface area contributed by atoms with Crippen LogP contribution in [-0.4, -0.2) is 47.2 Å². The van der Waals surface area contributed by atoms with Crippen molar-refractivity contribution in [2.45, 2.75) is 6.29 Å². The van der Waals surface area contributed by atoms with E-state index >= 15 is 0 Å². The summed E-state index contributed by atoms with van der Waals surface area (Å²) in [6.45, 7) is 0.543. The lowest BCUT2D eigenvalue weighted by Gasteiger charge is -2.24. The number of esters is 1. The van der Waals surface area contributed by atoms with Gasteiger partial charge in [-0.1, -0.05) is 11.6 Å². The van der Waals surface area contributed by atoms with Crippen molar-refractivity contribution in [1.29, 1.82) is 0 Å². The van der Waals surface area contributed by atoms with Gasteiger partial charge < -0.3 is 19.1 Å². The molecule has 0 aliphatic rings. The molecule has 0 aromatic heterocycles. The number of ether oxygens (including phenoxy) is 3. The Bertz CT molecular complexity index is 435. The van der Waals surface area contributed by atoms with Gasteiger partial charge in [-0.25, -0.2) is 4.79 Å². The van der Waals surface area contributed by atoms with Gasteiger partial charge in [-0.15, -0.1) is 0 Å². The third-order valence-electron chi connectivity index (χ3n) is 2.75. The number of hydrogen-bond donors (Lipinski definition) is 0. The van der Waals surface area contributed by atoms with Crippen molar-refractivity contribution in [3.8, 4) is 0 Å². The summed E-state index contributed by atoms with van der Waals surface area (Å²) in [5.41, 5.74) is 1.20. The summed E-state index contributed by atoms with van der Waals surface area (Å²) >= 11 is 6.06. The van der Waals surface area contributed by atoms with E-state index in [0.717, 1.165) is 5.69 Å². The van der Waals surface area contributed by atoms with Crippen LogP contribution in [0.25, 0.3) is 0 Å². The Hall–Kier alpha value is -1.30. The van der Waals surface area contributed by atoms with Crippen LogP contribution in [0, 0.1) is 0 Å². The van der Waals surface area contributed by atoms with Gasteiger partial charge in [0.25, 0.3) is 0 Å². The molecule has 1 aromatic rings. The Labute approximate surface area is 118 Å². The van der Waals surface area contributed by atoms with Gasteiger partial charge in [0, 0.05) is 27.0 Å². The molecule has 0 N–H and O–H groups in total. The van der Waals surface area contributed by atoms with Crippen molar-refractivity contribution in [2.24, 2.45) is 0 Å². The Kier molecular flexibility index (Phi) is 6.08. The van der Waals surface area contributed by atoms with Crippen LogP contribution < -0.4 is 4.90 Å². The predicted molar refractivity (Wildman–Crippen MR) is 73.9 cm³/mol. The van der Waals surface area contributed by atoms with E-state index in [9.17, 15) is 4.79 Å². The van der Waals surface area contributed by atoms with Crippen LogP contribution in [0.2, 0.25) is 5.02 Å². The summed E-state index contributed by atoms with van der Waals surface area (Å²) < 4.78 is 14.9. The smallest absolute Gasteiger partial charge is 0.339 e. The van der Waals surface area contributed by atoms with Crippen LogP contribution >= 0.6 is 11.6 Å². The van der Waals surface area contributed by atoms with Crippen molar-refractivity contribution in [3.05, 3.63) is 28.8 Å². The molecule has 0 amide bonds. The maximum Gasteiger partial charge on any atom is 0.339 e. The molecule has 0 radical (unpaired) electrons. The molecule has 0 unspecified atom stereocenters. The number of halogens is 1. The number of likely N-dealkylation sites (N-methyl/N-ethyl adjacent to an activating group) is 1. The Morgan fingerprint density at radius 2 is 1.95 bits per heavy atom. The molecule has 0 saturated heterocycles. The summed E-state index contributed by atoms with van der Waals surface area (Å²) in [5.74, 6) is -0.453. The third-order valence-corrected chi connectivity index (χ3v) is 3.06. The first-order chi connectivity index (χ1) is 9.03. The number of carbonyl (C=O) groups is 1. The standard InChI is InChI=1S/C13H18ClNO4/c1-15(8-12(17-2)18-3)9-5-6-10(11(14)7-9)13(16)19-4/h5-7,12H,8H2,1-4H3. The molecule has 106 valence electrons. The highest BCUT2D eigenvalue weighted by atomic mass is 35.5. The Morgan fingerprint density at radius 3 is 2.42 bits per heavy atom. The lowest BCUT2D eigenvalue weighted by Crippen LogP contribution is -2.31. The summed E-state index contributed by atoms with van der Waals surface area (Å²) in [6.07, 6.45) is -0.330. The van der Waals surface area contributed by atoms with Crippen molar-refractivity contribution < 1.29 is 19.0 Å². The minimum Gasteiger partial charge on any atom is -0.465 e. The molecule has 0 aliphatic carbocycles. The SMILES string of the molecule is COC(=O)c1ccc(N(C)CC(OC)OC)cc1Cl. The zero-order chi connectivity index (χ0) is 14.4. The highest BCUT2D eigenvalue weighted by Crippen LogP contribution is 2.24. The highest BCUT2D eigenvalue weighted by molar-refractivity contribution is 6.33. The van der Waals surface area contributed by atoms with Crippen LogP contribution in [0.1, 0.15) is 10.4 Å². The first-order valence-corrected chi connectivity index (χ1v) is 6.05. The maximum absolute atomic E-state index is 11.4. The van der Waals surface area contributed by atoms with Gasteiger partial charge in [0.1, 0.15) is 0 Å². The van der Waals surface area contributed by atoms with E-state index in [0.29, 0.717) is 17.1 Å². The average molecular weight is 288 g/mol. The summed E-state index contributed by atoms with van der Waals surface area (Å²) in [6, 6.07) is 5.13. The van der Waals surface area contributed by atoms with Crippen molar-refractivity contribution in [3.63, 3.8) is 0 Å². The molecular formula is C13H18ClNO4. The summed E-state index contributed by atoms with van der Waals surface area (Å²) in [7, 11) is 6.36. The third kappa shape index (κ3) is 4.09. The maximum atomic E-state index is 11.4. The van der Waals surface area contributed by atoms with Crippen LogP contribution in [0.15, 0.2) is 18.2 Å². The van der Waals surface area contributed by atoms with Gasteiger partial charge in [0.15, 0.2) is 6.29 Å².